The first-order valence-electron chi connectivity index (χ1n) is 7.30. The first-order chi connectivity index (χ1) is 9.22. The van der Waals surface area contributed by atoms with E-state index in [-0.39, 0.29) is 0 Å². The summed E-state index contributed by atoms with van der Waals surface area (Å²) in [7, 11) is 1.67. The molecule has 0 heterocycles. The van der Waals surface area contributed by atoms with Crippen LogP contribution in [0.3, 0.4) is 0 Å². The number of rotatable bonds is 5. The third kappa shape index (κ3) is 3.79. The SMILES string of the molecule is CCOc1cc(NC2CCCC(C)C2)ccc1OC. The van der Waals surface area contributed by atoms with Gasteiger partial charge < -0.3 is 14.8 Å². The second-order valence-electron chi connectivity index (χ2n) is 5.41. The fourth-order valence-electron chi connectivity index (χ4n) is 2.84. The van der Waals surface area contributed by atoms with E-state index in [4.69, 9.17) is 9.47 Å². The van der Waals surface area contributed by atoms with E-state index in [0.29, 0.717) is 12.6 Å². The fraction of sp³-hybridized carbons (Fsp3) is 0.625. The Kier molecular flexibility index (Phi) is 4.94. The lowest BCUT2D eigenvalue weighted by molar-refractivity contribution is 0.311. The molecule has 0 bridgehead atoms. The van der Waals surface area contributed by atoms with E-state index in [1.807, 2.05) is 19.1 Å². The lowest BCUT2D eigenvalue weighted by atomic mass is 9.87. The average Bonchev–Trinajstić information content (AvgIpc) is 2.39. The monoisotopic (exact) mass is 263 g/mol. The molecule has 2 atom stereocenters. The van der Waals surface area contributed by atoms with E-state index in [0.717, 1.165) is 23.1 Å². The Morgan fingerprint density at radius 3 is 2.79 bits per heavy atom. The molecule has 3 heteroatoms. The molecule has 0 aliphatic heterocycles. The summed E-state index contributed by atoms with van der Waals surface area (Å²) < 4.78 is 10.9. The Labute approximate surface area is 116 Å². The van der Waals surface area contributed by atoms with Crippen molar-refractivity contribution < 1.29 is 9.47 Å². The fourth-order valence-corrected chi connectivity index (χ4v) is 2.84. The van der Waals surface area contributed by atoms with E-state index in [1.54, 1.807) is 7.11 Å². The van der Waals surface area contributed by atoms with Gasteiger partial charge in [-0.15, -0.1) is 0 Å². The molecule has 3 nitrogen and oxygen atoms in total. The molecule has 0 spiro atoms. The van der Waals surface area contributed by atoms with Gasteiger partial charge in [-0.05, 0) is 37.8 Å². The van der Waals surface area contributed by atoms with Crippen LogP contribution in [0.25, 0.3) is 0 Å². The van der Waals surface area contributed by atoms with Gasteiger partial charge in [0, 0.05) is 17.8 Å². The molecule has 1 saturated carbocycles. The van der Waals surface area contributed by atoms with Crippen molar-refractivity contribution in [3.8, 4) is 11.5 Å². The van der Waals surface area contributed by atoms with Gasteiger partial charge in [0.25, 0.3) is 0 Å². The van der Waals surface area contributed by atoms with Gasteiger partial charge in [-0.25, -0.2) is 0 Å². The lowest BCUT2D eigenvalue weighted by Gasteiger charge is -2.28. The van der Waals surface area contributed by atoms with Gasteiger partial charge in [-0.1, -0.05) is 19.8 Å². The Hall–Kier alpha value is -1.38. The number of hydrogen-bond acceptors (Lipinski definition) is 3. The molecule has 106 valence electrons. The van der Waals surface area contributed by atoms with Crippen molar-refractivity contribution >= 4 is 5.69 Å². The summed E-state index contributed by atoms with van der Waals surface area (Å²) in [4.78, 5) is 0. The summed E-state index contributed by atoms with van der Waals surface area (Å²) in [5.74, 6) is 2.44. The van der Waals surface area contributed by atoms with Crippen LogP contribution in [0.2, 0.25) is 0 Å². The van der Waals surface area contributed by atoms with Crippen LogP contribution in [0.5, 0.6) is 11.5 Å². The predicted molar refractivity (Wildman–Crippen MR) is 79.2 cm³/mol. The highest BCUT2D eigenvalue weighted by Gasteiger charge is 2.18. The second kappa shape index (κ2) is 6.69. The van der Waals surface area contributed by atoms with Gasteiger partial charge >= 0.3 is 0 Å². The Bertz CT molecular complexity index is 406. The molecule has 2 rings (SSSR count). The minimum atomic E-state index is 0.589. The van der Waals surface area contributed by atoms with Crippen LogP contribution < -0.4 is 14.8 Å². The summed E-state index contributed by atoms with van der Waals surface area (Å²) in [6.45, 7) is 4.98. The largest absolute Gasteiger partial charge is 0.493 e. The van der Waals surface area contributed by atoms with Crippen LogP contribution in [0.4, 0.5) is 5.69 Å². The van der Waals surface area contributed by atoms with E-state index < -0.39 is 0 Å². The molecular formula is C16H25NO2. The van der Waals surface area contributed by atoms with E-state index >= 15 is 0 Å². The number of benzene rings is 1. The van der Waals surface area contributed by atoms with Crippen molar-refractivity contribution in [2.24, 2.45) is 5.92 Å². The summed E-state index contributed by atoms with van der Waals surface area (Å²) >= 11 is 0. The van der Waals surface area contributed by atoms with Gasteiger partial charge in [0.15, 0.2) is 11.5 Å². The maximum atomic E-state index is 5.61. The molecule has 0 amide bonds. The second-order valence-corrected chi connectivity index (χ2v) is 5.41. The maximum absolute atomic E-state index is 5.61. The minimum absolute atomic E-state index is 0.589. The average molecular weight is 263 g/mol. The Morgan fingerprint density at radius 1 is 1.26 bits per heavy atom. The Balaban J connectivity index is 2.05. The van der Waals surface area contributed by atoms with Gasteiger partial charge in [0.1, 0.15) is 0 Å². The Morgan fingerprint density at radius 2 is 2.11 bits per heavy atom. The molecule has 1 aliphatic rings. The zero-order chi connectivity index (χ0) is 13.7. The highest BCUT2D eigenvalue weighted by molar-refractivity contribution is 5.55. The molecule has 1 N–H and O–H groups in total. The van der Waals surface area contributed by atoms with Crippen LogP contribution in [0.1, 0.15) is 39.5 Å². The third-order valence-corrected chi connectivity index (χ3v) is 3.77. The van der Waals surface area contributed by atoms with Crippen LogP contribution in [-0.2, 0) is 0 Å². The van der Waals surface area contributed by atoms with E-state index in [9.17, 15) is 0 Å². The highest BCUT2D eigenvalue weighted by atomic mass is 16.5. The van der Waals surface area contributed by atoms with E-state index in [1.165, 1.54) is 25.7 Å². The maximum Gasteiger partial charge on any atom is 0.163 e. The van der Waals surface area contributed by atoms with Gasteiger partial charge in [0.2, 0.25) is 0 Å². The number of hydrogen-bond donors (Lipinski definition) is 1. The number of anilines is 1. The molecule has 19 heavy (non-hydrogen) atoms. The van der Waals surface area contributed by atoms with Crippen LogP contribution in [0, 0.1) is 5.92 Å². The van der Waals surface area contributed by atoms with Crippen molar-refractivity contribution in [1.29, 1.82) is 0 Å². The number of nitrogens with one attached hydrogen (secondary N) is 1. The zero-order valence-corrected chi connectivity index (χ0v) is 12.2. The third-order valence-electron chi connectivity index (χ3n) is 3.77. The van der Waals surface area contributed by atoms with Crippen molar-refractivity contribution in [2.75, 3.05) is 19.0 Å². The molecule has 1 aliphatic carbocycles. The van der Waals surface area contributed by atoms with E-state index in [2.05, 4.69) is 18.3 Å². The molecule has 1 aromatic rings. The van der Waals surface area contributed by atoms with Crippen molar-refractivity contribution in [3.05, 3.63) is 18.2 Å². The van der Waals surface area contributed by atoms with Crippen molar-refractivity contribution in [2.45, 2.75) is 45.6 Å². The van der Waals surface area contributed by atoms with Crippen molar-refractivity contribution in [1.82, 2.24) is 0 Å². The van der Waals surface area contributed by atoms with Crippen LogP contribution in [0.15, 0.2) is 18.2 Å². The summed E-state index contributed by atoms with van der Waals surface area (Å²) in [5, 5.41) is 3.63. The first-order valence-corrected chi connectivity index (χ1v) is 7.30. The normalized spacial score (nSPS) is 22.9. The predicted octanol–water partition coefficient (Wildman–Crippen LogP) is 4.08. The highest BCUT2D eigenvalue weighted by Crippen LogP contribution is 2.32. The summed E-state index contributed by atoms with van der Waals surface area (Å²) in [5.41, 5.74) is 1.13. The van der Waals surface area contributed by atoms with Gasteiger partial charge in [0.05, 0.1) is 13.7 Å². The van der Waals surface area contributed by atoms with Crippen molar-refractivity contribution in [3.63, 3.8) is 0 Å². The minimum Gasteiger partial charge on any atom is -0.493 e. The van der Waals surface area contributed by atoms with Gasteiger partial charge in [-0.2, -0.15) is 0 Å². The quantitative estimate of drug-likeness (QED) is 0.868. The summed E-state index contributed by atoms with van der Waals surface area (Å²) in [6.07, 6.45) is 5.22. The lowest BCUT2D eigenvalue weighted by Crippen LogP contribution is -2.26. The first kappa shape index (κ1) is 14.0. The smallest absolute Gasteiger partial charge is 0.163 e. The number of methoxy groups -OCH3 is 1. The molecule has 0 aromatic heterocycles. The number of ether oxygens (including phenoxy) is 2. The molecule has 2 unspecified atom stereocenters. The molecule has 0 saturated heterocycles. The topological polar surface area (TPSA) is 30.5 Å². The molecule has 1 aromatic carbocycles. The zero-order valence-electron chi connectivity index (χ0n) is 12.2. The van der Waals surface area contributed by atoms with Gasteiger partial charge in [-0.3, -0.25) is 0 Å². The molecule has 0 radical (unpaired) electrons. The molecular weight excluding hydrogens is 238 g/mol. The standard InChI is InChI=1S/C16H25NO2/c1-4-19-16-11-14(8-9-15(16)18-3)17-13-7-5-6-12(2)10-13/h8-9,11-13,17H,4-7,10H2,1-3H3. The van der Waals surface area contributed by atoms with Crippen LogP contribution in [-0.4, -0.2) is 19.8 Å². The van der Waals surface area contributed by atoms with Crippen LogP contribution >= 0.6 is 0 Å². The summed E-state index contributed by atoms with van der Waals surface area (Å²) in [6, 6.07) is 6.67. The molecule has 1 fully saturated rings.